The second kappa shape index (κ2) is 9.32. The Kier molecular flexibility index (Phi) is 7.69. The van der Waals surface area contributed by atoms with E-state index in [1.165, 1.54) is 0 Å². The Balaban J connectivity index is 2.21. The molecule has 0 spiro atoms. The summed E-state index contributed by atoms with van der Waals surface area (Å²) in [5, 5.41) is 5.82. The zero-order valence-electron chi connectivity index (χ0n) is 17.4. The number of halogens is 6. The van der Waals surface area contributed by atoms with E-state index in [4.69, 9.17) is 12.2 Å². The molecule has 2 unspecified atom stereocenters. The molecule has 30 heavy (non-hydrogen) atoms. The van der Waals surface area contributed by atoms with Crippen LogP contribution >= 0.6 is 12.2 Å². The minimum Gasteiger partial charge on any atom is -0.360 e. The summed E-state index contributed by atoms with van der Waals surface area (Å²) < 4.78 is 79.2. The molecule has 0 bridgehead atoms. The Bertz CT molecular complexity index is 694. The van der Waals surface area contributed by atoms with Crippen LogP contribution in [-0.2, 0) is 0 Å². The number of hydrogen-bond acceptors (Lipinski definition) is 1. The molecule has 170 valence electrons. The Morgan fingerprint density at radius 2 is 1.30 bits per heavy atom. The van der Waals surface area contributed by atoms with Gasteiger partial charge in [0.25, 0.3) is 0 Å². The fourth-order valence-electron chi connectivity index (χ4n) is 4.00. The summed E-state index contributed by atoms with van der Waals surface area (Å²) in [6.45, 7) is 8.02. The number of hydrogen-bond donors (Lipinski definition) is 2. The van der Waals surface area contributed by atoms with Crippen molar-refractivity contribution in [3.8, 4) is 0 Å². The van der Waals surface area contributed by atoms with Crippen LogP contribution in [0.4, 0.5) is 32.0 Å². The van der Waals surface area contributed by atoms with Crippen molar-refractivity contribution in [1.29, 1.82) is 0 Å². The van der Waals surface area contributed by atoms with Gasteiger partial charge in [-0.25, -0.2) is 0 Å². The number of rotatable bonds is 4. The summed E-state index contributed by atoms with van der Waals surface area (Å²) in [6, 6.07) is 4.78. The van der Waals surface area contributed by atoms with Gasteiger partial charge in [-0.2, -0.15) is 26.3 Å². The molecule has 1 aromatic carbocycles. The Labute approximate surface area is 178 Å². The lowest BCUT2D eigenvalue weighted by molar-refractivity contribution is -0.224. The molecule has 2 atom stereocenters. The molecule has 1 saturated carbocycles. The second-order valence-electron chi connectivity index (χ2n) is 8.60. The summed E-state index contributed by atoms with van der Waals surface area (Å²) in [5.74, 6) is -3.69. The van der Waals surface area contributed by atoms with Gasteiger partial charge < -0.3 is 10.6 Å². The molecular formula is C21H28F6N2S. The van der Waals surface area contributed by atoms with Crippen molar-refractivity contribution in [3.05, 3.63) is 29.3 Å². The van der Waals surface area contributed by atoms with Gasteiger partial charge in [0.1, 0.15) is 0 Å². The predicted molar refractivity (Wildman–Crippen MR) is 111 cm³/mol. The van der Waals surface area contributed by atoms with Gasteiger partial charge in [0.15, 0.2) is 5.11 Å². The molecule has 0 heterocycles. The Morgan fingerprint density at radius 1 is 0.867 bits per heavy atom. The molecule has 9 heteroatoms. The van der Waals surface area contributed by atoms with Gasteiger partial charge in [0, 0.05) is 11.7 Å². The highest BCUT2D eigenvalue weighted by Gasteiger charge is 2.51. The summed E-state index contributed by atoms with van der Waals surface area (Å²) in [7, 11) is 0. The fourth-order valence-corrected chi connectivity index (χ4v) is 4.27. The molecule has 2 nitrogen and oxygen atoms in total. The first-order chi connectivity index (χ1) is 13.7. The minimum atomic E-state index is -4.67. The second-order valence-corrected chi connectivity index (χ2v) is 9.01. The highest BCUT2D eigenvalue weighted by atomic mass is 32.1. The van der Waals surface area contributed by atoms with Crippen molar-refractivity contribution in [3.63, 3.8) is 0 Å². The largest absolute Gasteiger partial charge is 0.391 e. The van der Waals surface area contributed by atoms with Gasteiger partial charge in [-0.1, -0.05) is 45.9 Å². The van der Waals surface area contributed by atoms with Crippen molar-refractivity contribution in [2.45, 2.75) is 77.2 Å². The highest BCUT2D eigenvalue weighted by Crippen LogP contribution is 2.45. The Morgan fingerprint density at radius 3 is 1.67 bits per heavy atom. The normalized spacial score (nSPS) is 23.0. The first-order valence-electron chi connectivity index (χ1n) is 10.0. The van der Waals surface area contributed by atoms with Crippen LogP contribution < -0.4 is 10.6 Å². The molecule has 2 N–H and O–H groups in total. The SMILES string of the molecule is CC(C)c1cccc(C(C)C)c1NC(=S)NC1CC(C(F)(F)F)CC(C(F)(F)F)C1. The molecule has 0 aliphatic heterocycles. The number of para-hydroxylation sites is 1. The van der Waals surface area contributed by atoms with Crippen molar-refractivity contribution >= 4 is 23.0 Å². The van der Waals surface area contributed by atoms with Crippen LogP contribution in [0.25, 0.3) is 0 Å². The summed E-state index contributed by atoms with van der Waals surface area (Å²) >= 11 is 5.29. The quantitative estimate of drug-likeness (QED) is 0.374. The van der Waals surface area contributed by atoms with Crippen molar-refractivity contribution in [2.75, 3.05) is 5.32 Å². The molecule has 0 aromatic heterocycles. The van der Waals surface area contributed by atoms with Crippen molar-refractivity contribution in [2.24, 2.45) is 11.8 Å². The predicted octanol–water partition coefficient (Wildman–Crippen LogP) is 7.13. The van der Waals surface area contributed by atoms with Gasteiger partial charge in [-0.05, 0) is 54.4 Å². The molecule has 2 rings (SSSR count). The van der Waals surface area contributed by atoms with E-state index in [1.54, 1.807) is 0 Å². The maximum absolute atomic E-state index is 13.2. The lowest BCUT2D eigenvalue weighted by Crippen LogP contribution is -2.48. The van der Waals surface area contributed by atoms with Crippen LogP contribution in [-0.4, -0.2) is 23.5 Å². The number of alkyl halides is 6. The van der Waals surface area contributed by atoms with Crippen LogP contribution in [0, 0.1) is 11.8 Å². The van der Waals surface area contributed by atoms with E-state index in [0.29, 0.717) is 0 Å². The molecular weight excluding hydrogens is 426 g/mol. The third-order valence-corrected chi connectivity index (χ3v) is 5.80. The van der Waals surface area contributed by atoms with E-state index in [9.17, 15) is 26.3 Å². The lowest BCUT2D eigenvalue weighted by atomic mass is 9.78. The number of anilines is 1. The lowest BCUT2D eigenvalue weighted by Gasteiger charge is -2.37. The molecule has 1 aliphatic carbocycles. The van der Waals surface area contributed by atoms with Gasteiger partial charge in [0.2, 0.25) is 0 Å². The molecule has 1 fully saturated rings. The van der Waals surface area contributed by atoms with Crippen LogP contribution in [0.2, 0.25) is 0 Å². The third-order valence-electron chi connectivity index (χ3n) is 5.58. The van der Waals surface area contributed by atoms with Gasteiger partial charge in [-0.15, -0.1) is 0 Å². The monoisotopic (exact) mass is 454 g/mol. The van der Waals surface area contributed by atoms with Crippen molar-refractivity contribution < 1.29 is 26.3 Å². The molecule has 1 aromatic rings. The van der Waals surface area contributed by atoms with E-state index in [0.717, 1.165) is 16.8 Å². The van der Waals surface area contributed by atoms with E-state index in [-0.39, 0.29) is 16.9 Å². The summed E-state index contributed by atoms with van der Waals surface area (Å²) in [5.41, 5.74) is 2.72. The van der Waals surface area contributed by atoms with Crippen LogP contribution in [0.15, 0.2) is 18.2 Å². The average Bonchev–Trinajstić information content (AvgIpc) is 2.59. The number of nitrogens with one attached hydrogen (secondary N) is 2. The van der Waals surface area contributed by atoms with E-state index in [2.05, 4.69) is 10.6 Å². The van der Waals surface area contributed by atoms with Crippen LogP contribution in [0.3, 0.4) is 0 Å². The minimum absolute atomic E-state index is 0.0405. The maximum atomic E-state index is 13.2. The topological polar surface area (TPSA) is 24.1 Å². The van der Waals surface area contributed by atoms with Crippen LogP contribution in [0.1, 0.15) is 69.9 Å². The zero-order chi connectivity index (χ0) is 22.9. The van der Waals surface area contributed by atoms with E-state index < -0.39 is 49.5 Å². The number of thiocarbonyl (C=S) groups is 1. The maximum Gasteiger partial charge on any atom is 0.391 e. The first-order valence-corrected chi connectivity index (χ1v) is 10.4. The fraction of sp³-hybridized carbons (Fsp3) is 0.667. The Hall–Kier alpha value is -1.51. The molecule has 0 saturated heterocycles. The average molecular weight is 455 g/mol. The zero-order valence-corrected chi connectivity index (χ0v) is 18.2. The van der Waals surface area contributed by atoms with E-state index in [1.807, 2.05) is 45.9 Å². The highest BCUT2D eigenvalue weighted by molar-refractivity contribution is 7.80. The first kappa shape index (κ1) is 24.8. The third kappa shape index (κ3) is 6.25. The van der Waals surface area contributed by atoms with Gasteiger partial charge >= 0.3 is 12.4 Å². The molecule has 0 radical (unpaired) electrons. The molecule has 0 amide bonds. The van der Waals surface area contributed by atoms with Crippen LogP contribution in [0.5, 0.6) is 0 Å². The van der Waals surface area contributed by atoms with Gasteiger partial charge in [0.05, 0.1) is 11.8 Å². The standard InChI is InChI=1S/C21H28F6N2S/c1-11(2)16-6-5-7-17(12(3)4)18(16)29-19(30)28-15-9-13(20(22,23)24)8-14(10-15)21(25,26)27/h5-7,11-15H,8-10H2,1-4H3,(H2,28,29,30). The van der Waals surface area contributed by atoms with E-state index >= 15 is 0 Å². The smallest absolute Gasteiger partial charge is 0.360 e. The van der Waals surface area contributed by atoms with Gasteiger partial charge in [-0.3, -0.25) is 0 Å². The number of benzene rings is 1. The summed E-state index contributed by atoms with van der Waals surface area (Å²) in [6.07, 6.45) is -11.1. The van der Waals surface area contributed by atoms with Crippen molar-refractivity contribution in [1.82, 2.24) is 5.32 Å². The summed E-state index contributed by atoms with van der Waals surface area (Å²) in [4.78, 5) is 0. The molecule has 1 aliphatic rings.